The normalized spacial score (nSPS) is 12.3. The maximum atomic E-state index is 13.7. The van der Waals surface area contributed by atoms with Crippen LogP contribution in [0.25, 0.3) is 10.9 Å². The molecule has 1 heterocycles. The molecule has 5 rings (SSSR count). The van der Waals surface area contributed by atoms with E-state index in [0.717, 1.165) is 35.5 Å². The van der Waals surface area contributed by atoms with Crippen molar-refractivity contribution in [1.82, 2.24) is 9.55 Å². The van der Waals surface area contributed by atoms with Gasteiger partial charge in [-0.3, -0.25) is 14.2 Å². The number of hydrogen-bond donors (Lipinski definition) is 1. The minimum atomic E-state index is -4.61. The van der Waals surface area contributed by atoms with E-state index < -0.39 is 22.9 Å². The molecule has 208 valence electrons. The van der Waals surface area contributed by atoms with Crippen LogP contribution in [0.15, 0.2) is 113 Å². The lowest BCUT2D eigenvalue weighted by atomic mass is 10.1. The number of nitrogens with one attached hydrogen (secondary N) is 1. The van der Waals surface area contributed by atoms with E-state index in [1.165, 1.54) is 0 Å². The van der Waals surface area contributed by atoms with E-state index in [9.17, 15) is 22.8 Å². The van der Waals surface area contributed by atoms with Crippen molar-refractivity contribution in [3.63, 3.8) is 0 Å². The first kappa shape index (κ1) is 28.4. The van der Waals surface area contributed by atoms with E-state index in [2.05, 4.69) is 5.32 Å². The molecule has 0 aliphatic rings. The van der Waals surface area contributed by atoms with Gasteiger partial charge in [-0.05, 0) is 47.9 Å². The third kappa shape index (κ3) is 6.64. The van der Waals surface area contributed by atoms with E-state index in [1.807, 2.05) is 30.3 Å². The Morgan fingerprint density at radius 2 is 1.59 bits per heavy atom. The van der Waals surface area contributed by atoms with Crippen molar-refractivity contribution in [1.29, 1.82) is 0 Å². The number of anilines is 1. The number of nitrogens with zero attached hydrogens (tertiary/aromatic N) is 2. The Balaban J connectivity index is 1.54. The molecule has 0 saturated heterocycles. The molecule has 1 aromatic heterocycles. The SMILES string of the molecule is O=C(Nc1cc(C(F)(F)F)ccc1Cl)[C@@H](Sc1nc2ccccc2c(=O)n1CCc1ccccc1)c1ccccc1. The molecule has 0 radical (unpaired) electrons. The first-order valence-electron chi connectivity index (χ1n) is 12.6. The smallest absolute Gasteiger partial charge is 0.323 e. The van der Waals surface area contributed by atoms with Crippen molar-refractivity contribution in [2.45, 2.75) is 29.5 Å². The fourth-order valence-electron chi connectivity index (χ4n) is 4.32. The van der Waals surface area contributed by atoms with Crippen LogP contribution in [0.4, 0.5) is 18.9 Å². The fourth-order valence-corrected chi connectivity index (χ4v) is 5.61. The number of aryl methyl sites for hydroxylation is 1. The predicted octanol–water partition coefficient (Wildman–Crippen LogP) is 7.78. The Kier molecular flexibility index (Phi) is 8.46. The van der Waals surface area contributed by atoms with Crippen molar-refractivity contribution in [3.8, 4) is 0 Å². The summed E-state index contributed by atoms with van der Waals surface area (Å²) in [4.78, 5) is 32.0. The zero-order chi connectivity index (χ0) is 29.0. The highest BCUT2D eigenvalue weighted by Crippen LogP contribution is 2.38. The number of carbonyl (C=O) groups excluding carboxylic acids is 1. The Morgan fingerprint density at radius 3 is 2.29 bits per heavy atom. The van der Waals surface area contributed by atoms with Crippen LogP contribution in [0.2, 0.25) is 5.02 Å². The van der Waals surface area contributed by atoms with Gasteiger partial charge in [0.05, 0.1) is 27.2 Å². The molecule has 5 nitrogen and oxygen atoms in total. The van der Waals surface area contributed by atoms with Crippen LogP contribution in [0.1, 0.15) is 21.9 Å². The van der Waals surface area contributed by atoms with Crippen LogP contribution in [0.3, 0.4) is 0 Å². The molecule has 1 N–H and O–H groups in total. The van der Waals surface area contributed by atoms with Crippen LogP contribution < -0.4 is 10.9 Å². The summed E-state index contributed by atoms with van der Waals surface area (Å²) >= 11 is 7.22. The Bertz CT molecular complexity index is 1750. The van der Waals surface area contributed by atoms with Crippen molar-refractivity contribution < 1.29 is 18.0 Å². The maximum Gasteiger partial charge on any atom is 0.416 e. The van der Waals surface area contributed by atoms with Crippen LogP contribution in [0.5, 0.6) is 0 Å². The molecule has 41 heavy (non-hydrogen) atoms. The largest absolute Gasteiger partial charge is 0.416 e. The zero-order valence-corrected chi connectivity index (χ0v) is 23.0. The second-order valence-electron chi connectivity index (χ2n) is 9.19. The number of benzene rings is 4. The van der Waals surface area contributed by atoms with E-state index in [4.69, 9.17) is 16.6 Å². The lowest BCUT2D eigenvalue weighted by Gasteiger charge is -2.20. The molecule has 0 unspecified atom stereocenters. The standard InChI is InChI=1S/C31H23ClF3N3O2S/c32-24-16-15-22(31(33,34)35)19-26(24)36-28(39)27(21-11-5-2-6-12-21)41-30-37-25-14-8-7-13-23(25)29(40)38(30)18-17-20-9-3-1-4-10-20/h1-16,19,27H,17-18H2,(H,36,39)/t27-/m0/s1. The second kappa shape index (κ2) is 12.2. The summed E-state index contributed by atoms with van der Waals surface area (Å²) in [6.45, 7) is 0.311. The van der Waals surface area contributed by atoms with Gasteiger partial charge in [0.2, 0.25) is 5.91 Å². The lowest BCUT2D eigenvalue weighted by Crippen LogP contribution is -2.26. The summed E-state index contributed by atoms with van der Waals surface area (Å²) in [5.74, 6) is -0.612. The fraction of sp³-hybridized carbons (Fsp3) is 0.129. The Labute approximate surface area is 243 Å². The van der Waals surface area contributed by atoms with Crippen LogP contribution in [0, 0.1) is 0 Å². The van der Waals surface area contributed by atoms with Gasteiger partial charge in [0, 0.05) is 6.54 Å². The second-order valence-corrected chi connectivity index (χ2v) is 10.7. The Morgan fingerprint density at radius 1 is 0.927 bits per heavy atom. The number of halogens is 4. The van der Waals surface area contributed by atoms with E-state index in [1.54, 1.807) is 59.2 Å². The zero-order valence-electron chi connectivity index (χ0n) is 21.4. The van der Waals surface area contributed by atoms with Gasteiger partial charge in [-0.1, -0.05) is 96.2 Å². The molecule has 1 amide bonds. The monoisotopic (exact) mass is 593 g/mol. The molecule has 0 bridgehead atoms. The number of alkyl halides is 3. The molecular formula is C31H23ClF3N3O2S. The quantitative estimate of drug-likeness (QED) is 0.147. The predicted molar refractivity (Wildman–Crippen MR) is 156 cm³/mol. The van der Waals surface area contributed by atoms with Crippen molar-refractivity contribution in [2.24, 2.45) is 0 Å². The summed E-state index contributed by atoms with van der Waals surface area (Å²) in [6.07, 6.45) is -4.06. The number of carbonyl (C=O) groups is 1. The molecule has 0 fully saturated rings. The summed E-state index contributed by atoms with van der Waals surface area (Å²) in [5, 5.41) is 2.32. The molecule has 5 aromatic rings. The molecular weight excluding hydrogens is 571 g/mol. The number of rotatable bonds is 8. The average Bonchev–Trinajstić information content (AvgIpc) is 2.97. The molecule has 0 aliphatic heterocycles. The molecule has 0 spiro atoms. The van der Waals surface area contributed by atoms with Gasteiger partial charge in [0.25, 0.3) is 5.56 Å². The molecule has 10 heteroatoms. The van der Waals surface area contributed by atoms with Gasteiger partial charge in [0.1, 0.15) is 5.25 Å². The average molecular weight is 594 g/mol. The number of fused-ring (bicyclic) bond motifs is 1. The number of amides is 1. The van der Waals surface area contributed by atoms with E-state index in [-0.39, 0.29) is 16.3 Å². The van der Waals surface area contributed by atoms with Gasteiger partial charge in [0.15, 0.2) is 5.16 Å². The van der Waals surface area contributed by atoms with Crippen LogP contribution >= 0.6 is 23.4 Å². The molecule has 1 atom stereocenters. The van der Waals surface area contributed by atoms with Gasteiger partial charge in [-0.25, -0.2) is 4.98 Å². The highest BCUT2D eigenvalue weighted by atomic mass is 35.5. The topological polar surface area (TPSA) is 64.0 Å². The first-order chi connectivity index (χ1) is 19.7. The van der Waals surface area contributed by atoms with E-state index in [0.29, 0.717) is 34.6 Å². The maximum absolute atomic E-state index is 13.7. The van der Waals surface area contributed by atoms with Crippen molar-refractivity contribution >= 4 is 45.9 Å². The van der Waals surface area contributed by atoms with Gasteiger partial charge in [-0.2, -0.15) is 13.2 Å². The van der Waals surface area contributed by atoms with Crippen molar-refractivity contribution in [3.05, 3.63) is 135 Å². The van der Waals surface area contributed by atoms with Crippen LogP contribution in [-0.4, -0.2) is 15.5 Å². The van der Waals surface area contributed by atoms with Gasteiger partial charge in [-0.15, -0.1) is 0 Å². The number of para-hydroxylation sites is 1. The van der Waals surface area contributed by atoms with E-state index >= 15 is 0 Å². The summed E-state index contributed by atoms with van der Waals surface area (Å²) < 4.78 is 41.6. The molecule has 0 aliphatic carbocycles. The van der Waals surface area contributed by atoms with Crippen molar-refractivity contribution in [2.75, 3.05) is 5.32 Å². The van der Waals surface area contributed by atoms with Gasteiger partial charge < -0.3 is 5.32 Å². The first-order valence-corrected chi connectivity index (χ1v) is 13.9. The highest BCUT2D eigenvalue weighted by Gasteiger charge is 2.32. The number of hydrogen-bond acceptors (Lipinski definition) is 4. The van der Waals surface area contributed by atoms with Crippen LogP contribution in [-0.2, 0) is 23.9 Å². The summed E-state index contributed by atoms with van der Waals surface area (Å²) in [5.41, 5.74) is 0.731. The lowest BCUT2D eigenvalue weighted by molar-refractivity contribution is -0.137. The Hall–Kier alpha value is -4.08. The minimum Gasteiger partial charge on any atom is -0.323 e. The minimum absolute atomic E-state index is 0.0354. The highest BCUT2D eigenvalue weighted by molar-refractivity contribution is 8.00. The number of aromatic nitrogens is 2. The molecule has 4 aromatic carbocycles. The third-order valence-corrected chi connectivity index (χ3v) is 7.98. The summed E-state index contributed by atoms with van der Waals surface area (Å²) in [6, 6.07) is 28.2. The molecule has 0 saturated carbocycles. The summed E-state index contributed by atoms with van der Waals surface area (Å²) in [7, 11) is 0. The van der Waals surface area contributed by atoms with Gasteiger partial charge >= 0.3 is 6.18 Å². The number of thioether (sulfide) groups is 1. The third-order valence-electron chi connectivity index (χ3n) is 6.41.